The fourth-order valence-electron chi connectivity index (χ4n) is 1.47. The van der Waals surface area contributed by atoms with Crippen molar-refractivity contribution in [2.75, 3.05) is 6.61 Å². The fraction of sp³-hybridized carbons (Fsp3) is 1.00. The summed E-state index contributed by atoms with van der Waals surface area (Å²) in [4.78, 5) is 0. The molecule has 0 aliphatic carbocycles. The van der Waals surface area contributed by atoms with Crippen LogP contribution < -0.4 is 0 Å². The SMILES string of the molecule is C[C@@H]1O[C@@H](C)CCC1CO. The van der Waals surface area contributed by atoms with E-state index < -0.39 is 0 Å². The van der Waals surface area contributed by atoms with Gasteiger partial charge in [0.15, 0.2) is 0 Å². The van der Waals surface area contributed by atoms with E-state index in [0.29, 0.717) is 12.0 Å². The van der Waals surface area contributed by atoms with Crippen molar-refractivity contribution in [3.63, 3.8) is 0 Å². The van der Waals surface area contributed by atoms with Crippen LogP contribution >= 0.6 is 0 Å². The third-order valence-corrected chi connectivity index (χ3v) is 2.29. The Labute approximate surface area is 62.2 Å². The molecule has 0 radical (unpaired) electrons. The summed E-state index contributed by atoms with van der Waals surface area (Å²) in [6.07, 6.45) is 2.83. The lowest BCUT2D eigenvalue weighted by Gasteiger charge is -2.31. The van der Waals surface area contributed by atoms with E-state index in [-0.39, 0.29) is 12.7 Å². The van der Waals surface area contributed by atoms with Crippen LogP contribution in [0.15, 0.2) is 0 Å². The maximum Gasteiger partial charge on any atom is 0.0600 e. The van der Waals surface area contributed by atoms with E-state index in [1.165, 1.54) is 0 Å². The molecule has 1 saturated heterocycles. The third-order valence-electron chi connectivity index (χ3n) is 2.29. The largest absolute Gasteiger partial charge is 0.396 e. The first-order valence-corrected chi connectivity index (χ1v) is 4.00. The Morgan fingerprint density at radius 3 is 2.60 bits per heavy atom. The van der Waals surface area contributed by atoms with Crippen LogP contribution in [0.4, 0.5) is 0 Å². The molecule has 0 aromatic rings. The zero-order valence-electron chi connectivity index (χ0n) is 6.71. The fourth-order valence-corrected chi connectivity index (χ4v) is 1.47. The molecule has 1 fully saturated rings. The molecule has 1 unspecified atom stereocenters. The number of hydrogen-bond donors (Lipinski definition) is 1. The molecular formula is C8H16O2. The quantitative estimate of drug-likeness (QED) is 0.599. The van der Waals surface area contributed by atoms with Gasteiger partial charge in [-0.15, -0.1) is 0 Å². The van der Waals surface area contributed by atoms with E-state index in [4.69, 9.17) is 9.84 Å². The van der Waals surface area contributed by atoms with Crippen molar-refractivity contribution in [1.82, 2.24) is 0 Å². The van der Waals surface area contributed by atoms with Crippen LogP contribution in [0.2, 0.25) is 0 Å². The molecule has 3 atom stereocenters. The molecule has 0 aromatic heterocycles. The van der Waals surface area contributed by atoms with Gasteiger partial charge in [-0.25, -0.2) is 0 Å². The molecule has 0 saturated carbocycles. The van der Waals surface area contributed by atoms with Crippen molar-refractivity contribution in [2.45, 2.75) is 38.9 Å². The zero-order valence-corrected chi connectivity index (χ0v) is 6.71. The molecule has 0 bridgehead atoms. The van der Waals surface area contributed by atoms with Gasteiger partial charge in [-0.05, 0) is 26.7 Å². The van der Waals surface area contributed by atoms with Gasteiger partial charge in [0.1, 0.15) is 0 Å². The van der Waals surface area contributed by atoms with Crippen LogP contribution in [0.1, 0.15) is 26.7 Å². The highest BCUT2D eigenvalue weighted by Crippen LogP contribution is 2.23. The van der Waals surface area contributed by atoms with Gasteiger partial charge in [-0.3, -0.25) is 0 Å². The smallest absolute Gasteiger partial charge is 0.0600 e. The van der Waals surface area contributed by atoms with Crippen molar-refractivity contribution in [1.29, 1.82) is 0 Å². The first kappa shape index (κ1) is 8.02. The number of aliphatic hydroxyl groups excluding tert-OH is 1. The number of rotatable bonds is 1. The normalized spacial score (nSPS) is 41.7. The molecule has 0 amide bonds. The molecule has 2 heteroatoms. The third kappa shape index (κ3) is 1.70. The van der Waals surface area contributed by atoms with Gasteiger partial charge in [0.25, 0.3) is 0 Å². The second-order valence-corrected chi connectivity index (χ2v) is 3.17. The van der Waals surface area contributed by atoms with Crippen molar-refractivity contribution in [2.24, 2.45) is 5.92 Å². The zero-order chi connectivity index (χ0) is 7.56. The number of ether oxygens (including phenoxy) is 1. The molecule has 0 aromatic carbocycles. The topological polar surface area (TPSA) is 29.5 Å². The van der Waals surface area contributed by atoms with Gasteiger partial charge in [0.05, 0.1) is 12.2 Å². The molecule has 1 heterocycles. The van der Waals surface area contributed by atoms with Gasteiger partial charge >= 0.3 is 0 Å². The summed E-state index contributed by atoms with van der Waals surface area (Å²) in [5.74, 6) is 0.371. The highest BCUT2D eigenvalue weighted by Gasteiger charge is 2.24. The van der Waals surface area contributed by atoms with E-state index in [9.17, 15) is 0 Å². The Morgan fingerprint density at radius 1 is 1.40 bits per heavy atom. The van der Waals surface area contributed by atoms with E-state index in [2.05, 4.69) is 6.92 Å². The van der Waals surface area contributed by atoms with Gasteiger partial charge < -0.3 is 9.84 Å². The Balaban J connectivity index is 2.36. The Bertz CT molecular complexity index is 103. The molecule has 1 aliphatic heterocycles. The molecule has 10 heavy (non-hydrogen) atoms. The van der Waals surface area contributed by atoms with Crippen LogP contribution in [0.3, 0.4) is 0 Å². The summed E-state index contributed by atoms with van der Waals surface area (Å²) in [5, 5.41) is 8.87. The molecular weight excluding hydrogens is 128 g/mol. The Hall–Kier alpha value is -0.0800. The van der Waals surface area contributed by atoms with E-state index in [1.807, 2.05) is 6.92 Å². The molecule has 60 valence electrons. The Kier molecular flexibility index (Phi) is 2.69. The summed E-state index contributed by atoms with van der Waals surface area (Å²) < 4.78 is 5.53. The second-order valence-electron chi connectivity index (χ2n) is 3.17. The van der Waals surface area contributed by atoms with Gasteiger partial charge in [0.2, 0.25) is 0 Å². The first-order chi connectivity index (χ1) is 4.74. The van der Waals surface area contributed by atoms with Crippen molar-refractivity contribution >= 4 is 0 Å². The summed E-state index contributed by atoms with van der Waals surface area (Å²) in [6, 6.07) is 0. The predicted octanol–water partition coefficient (Wildman–Crippen LogP) is 1.18. The van der Waals surface area contributed by atoms with Crippen molar-refractivity contribution in [3.8, 4) is 0 Å². The average Bonchev–Trinajstić information content (AvgIpc) is 1.88. The summed E-state index contributed by atoms with van der Waals surface area (Å²) in [7, 11) is 0. The molecule has 0 spiro atoms. The van der Waals surface area contributed by atoms with E-state index >= 15 is 0 Å². The standard InChI is InChI=1S/C8H16O2/c1-6-3-4-8(5-9)7(2)10-6/h6-9H,3-5H2,1-2H3/t6-,7-,8?/m0/s1. The van der Waals surface area contributed by atoms with Crippen LogP contribution in [-0.4, -0.2) is 23.9 Å². The van der Waals surface area contributed by atoms with E-state index in [0.717, 1.165) is 12.8 Å². The lowest BCUT2D eigenvalue weighted by molar-refractivity contribution is -0.0769. The maximum absolute atomic E-state index is 8.87. The van der Waals surface area contributed by atoms with Gasteiger partial charge in [-0.2, -0.15) is 0 Å². The second kappa shape index (κ2) is 3.35. The van der Waals surface area contributed by atoms with Crippen LogP contribution in [-0.2, 0) is 4.74 Å². The molecule has 1 rings (SSSR count). The predicted molar refractivity (Wildman–Crippen MR) is 39.8 cm³/mol. The molecule has 2 nitrogen and oxygen atoms in total. The monoisotopic (exact) mass is 144 g/mol. The maximum atomic E-state index is 8.87. The van der Waals surface area contributed by atoms with Crippen LogP contribution in [0.25, 0.3) is 0 Å². The Morgan fingerprint density at radius 2 is 2.10 bits per heavy atom. The minimum atomic E-state index is 0.244. The highest BCUT2D eigenvalue weighted by atomic mass is 16.5. The van der Waals surface area contributed by atoms with Crippen LogP contribution in [0, 0.1) is 5.92 Å². The van der Waals surface area contributed by atoms with E-state index in [1.54, 1.807) is 0 Å². The highest BCUT2D eigenvalue weighted by molar-refractivity contribution is 4.73. The van der Waals surface area contributed by atoms with Gasteiger partial charge in [0, 0.05) is 12.5 Å². The summed E-state index contributed by atoms with van der Waals surface area (Å²) >= 11 is 0. The number of aliphatic hydroxyl groups is 1. The molecule has 1 N–H and O–H groups in total. The lowest BCUT2D eigenvalue weighted by Crippen LogP contribution is -2.33. The van der Waals surface area contributed by atoms with Gasteiger partial charge in [-0.1, -0.05) is 0 Å². The first-order valence-electron chi connectivity index (χ1n) is 4.00. The summed E-state index contributed by atoms with van der Waals surface area (Å²) in [5.41, 5.74) is 0. The number of hydrogen-bond acceptors (Lipinski definition) is 2. The lowest BCUT2D eigenvalue weighted by atomic mass is 9.94. The van der Waals surface area contributed by atoms with Crippen molar-refractivity contribution in [3.05, 3.63) is 0 Å². The molecule has 1 aliphatic rings. The average molecular weight is 144 g/mol. The summed E-state index contributed by atoms with van der Waals surface area (Å²) in [6.45, 7) is 4.40. The van der Waals surface area contributed by atoms with Crippen LogP contribution in [0.5, 0.6) is 0 Å². The van der Waals surface area contributed by atoms with Crippen molar-refractivity contribution < 1.29 is 9.84 Å². The minimum Gasteiger partial charge on any atom is -0.396 e. The minimum absolute atomic E-state index is 0.244.